The molecule has 2 aromatic carbocycles. The average Bonchev–Trinajstić information content (AvgIpc) is 2.69. The van der Waals surface area contributed by atoms with Crippen LogP contribution in [0.15, 0.2) is 48.5 Å². The number of aliphatic hydroxyl groups is 1. The highest BCUT2D eigenvalue weighted by Gasteiger charge is 2.21. The van der Waals surface area contributed by atoms with E-state index in [1.54, 1.807) is 0 Å². The van der Waals surface area contributed by atoms with Gasteiger partial charge in [0.1, 0.15) is 0 Å². The molecule has 0 spiro atoms. The van der Waals surface area contributed by atoms with E-state index >= 15 is 0 Å². The number of ether oxygens (including phenoxy) is 1. The van der Waals surface area contributed by atoms with Gasteiger partial charge in [0.25, 0.3) is 0 Å². The van der Waals surface area contributed by atoms with E-state index in [0.717, 1.165) is 24.0 Å². The first-order valence-corrected chi connectivity index (χ1v) is 9.61. The topological polar surface area (TPSA) is 72.6 Å². The van der Waals surface area contributed by atoms with Gasteiger partial charge < -0.3 is 15.6 Å². The van der Waals surface area contributed by atoms with Crippen LogP contribution in [0.2, 0.25) is 0 Å². The van der Waals surface area contributed by atoms with E-state index in [4.69, 9.17) is 10.5 Å². The predicted molar refractivity (Wildman–Crippen MR) is 109 cm³/mol. The van der Waals surface area contributed by atoms with Crippen molar-refractivity contribution in [3.63, 3.8) is 0 Å². The molecule has 4 heteroatoms. The van der Waals surface area contributed by atoms with Gasteiger partial charge in [-0.15, -0.1) is 0 Å². The maximum Gasteiger partial charge on any atom is 0.162 e. The van der Waals surface area contributed by atoms with Crippen molar-refractivity contribution in [1.82, 2.24) is 0 Å². The Morgan fingerprint density at radius 3 is 2.30 bits per heavy atom. The molecule has 0 saturated heterocycles. The zero-order valence-corrected chi connectivity index (χ0v) is 16.4. The van der Waals surface area contributed by atoms with Crippen molar-refractivity contribution < 1.29 is 14.6 Å². The van der Waals surface area contributed by atoms with Crippen LogP contribution in [-0.2, 0) is 17.8 Å². The number of Topliss-reactive ketones (excluding diaryl/α,β-unsaturated/α-hetero) is 1. The van der Waals surface area contributed by atoms with Crippen LogP contribution in [0.25, 0.3) is 0 Å². The van der Waals surface area contributed by atoms with Crippen LogP contribution in [-0.4, -0.2) is 29.6 Å². The summed E-state index contributed by atoms with van der Waals surface area (Å²) in [6.07, 6.45) is 2.97. The van der Waals surface area contributed by atoms with Crippen LogP contribution in [0.4, 0.5) is 0 Å². The number of nitrogens with two attached hydrogens (primary N) is 1. The molecular weight excluding hydrogens is 338 g/mol. The summed E-state index contributed by atoms with van der Waals surface area (Å²) in [5.74, 6) is 0.168. The first-order chi connectivity index (χ1) is 13.0. The Bertz CT molecular complexity index is 703. The number of hydrogen-bond donors (Lipinski definition) is 2. The molecule has 146 valence electrons. The highest BCUT2D eigenvalue weighted by molar-refractivity contribution is 5.96. The monoisotopic (exact) mass is 369 g/mol. The zero-order valence-electron chi connectivity index (χ0n) is 16.4. The molecule has 3 N–H and O–H groups in total. The van der Waals surface area contributed by atoms with Crippen molar-refractivity contribution in [1.29, 1.82) is 0 Å². The number of aliphatic hydroxyl groups excluding tert-OH is 1. The van der Waals surface area contributed by atoms with Crippen LogP contribution in [0.3, 0.4) is 0 Å². The maximum atomic E-state index is 12.3. The van der Waals surface area contributed by atoms with Crippen LogP contribution in [0, 0.1) is 6.92 Å². The Hall–Kier alpha value is -2.01. The summed E-state index contributed by atoms with van der Waals surface area (Å²) >= 11 is 0. The lowest BCUT2D eigenvalue weighted by molar-refractivity contribution is 0.0440. The molecule has 0 amide bonds. The second-order valence-electron chi connectivity index (χ2n) is 7.33. The number of aryl methyl sites for hydroxylation is 2. The number of benzene rings is 2. The quantitative estimate of drug-likeness (QED) is 0.591. The van der Waals surface area contributed by atoms with E-state index in [9.17, 15) is 9.90 Å². The highest BCUT2D eigenvalue weighted by Crippen LogP contribution is 2.13. The van der Waals surface area contributed by atoms with E-state index < -0.39 is 5.54 Å². The maximum absolute atomic E-state index is 12.3. The highest BCUT2D eigenvalue weighted by atomic mass is 16.5. The van der Waals surface area contributed by atoms with Gasteiger partial charge in [0.15, 0.2) is 5.78 Å². The molecular formula is C23H31NO3. The normalized spacial score (nSPS) is 13.3. The Labute approximate surface area is 162 Å². The van der Waals surface area contributed by atoms with Crippen molar-refractivity contribution in [2.24, 2.45) is 5.73 Å². The van der Waals surface area contributed by atoms with Gasteiger partial charge in [0, 0.05) is 12.0 Å². The summed E-state index contributed by atoms with van der Waals surface area (Å²) in [7, 11) is 0. The molecule has 1 atom stereocenters. The van der Waals surface area contributed by atoms with Crippen LogP contribution in [0.1, 0.15) is 53.2 Å². The molecule has 2 aromatic rings. The van der Waals surface area contributed by atoms with E-state index in [2.05, 4.69) is 31.2 Å². The number of carbonyl (C=O) groups excluding carboxylic acids is 1. The lowest BCUT2D eigenvalue weighted by atomic mass is 10.0. The first kappa shape index (κ1) is 21.3. The smallest absolute Gasteiger partial charge is 0.162 e. The zero-order chi connectivity index (χ0) is 19.7. The van der Waals surface area contributed by atoms with Crippen molar-refractivity contribution in [2.75, 3.05) is 13.2 Å². The molecule has 2 rings (SSSR count). The number of carbonyl (C=O) groups is 1. The number of ketones is 1. The standard InChI is InChI=1S/C23H31NO3/c1-3-23(24,16-25)17-27-15-20-11-13-21(14-12-20)22(26)6-4-5-19-9-7-18(2)8-10-19/h7-14,25H,3-6,15-17,24H2,1-2H3. The van der Waals surface area contributed by atoms with Gasteiger partial charge in [0.2, 0.25) is 0 Å². The fourth-order valence-electron chi connectivity index (χ4n) is 2.77. The van der Waals surface area contributed by atoms with Crippen LogP contribution < -0.4 is 5.73 Å². The van der Waals surface area contributed by atoms with Crippen molar-refractivity contribution in [3.8, 4) is 0 Å². The summed E-state index contributed by atoms with van der Waals surface area (Å²) in [5, 5.41) is 9.29. The summed E-state index contributed by atoms with van der Waals surface area (Å²) < 4.78 is 5.62. The van der Waals surface area contributed by atoms with Gasteiger partial charge in [-0.3, -0.25) is 4.79 Å². The molecule has 0 fully saturated rings. The fourth-order valence-corrected chi connectivity index (χ4v) is 2.77. The van der Waals surface area contributed by atoms with Gasteiger partial charge in [-0.25, -0.2) is 0 Å². The van der Waals surface area contributed by atoms with E-state index in [1.807, 2.05) is 31.2 Å². The van der Waals surface area contributed by atoms with E-state index in [1.165, 1.54) is 11.1 Å². The number of rotatable bonds is 11. The summed E-state index contributed by atoms with van der Waals surface area (Å²) in [6.45, 7) is 4.63. The molecule has 0 aliphatic carbocycles. The summed E-state index contributed by atoms with van der Waals surface area (Å²) in [4.78, 5) is 12.3. The van der Waals surface area contributed by atoms with Gasteiger partial charge in [-0.2, -0.15) is 0 Å². The first-order valence-electron chi connectivity index (χ1n) is 9.61. The molecule has 0 aromatic heterocycles. The van der Waals surface area contributed by atoms with Gasteiger partial charge in [-0.1, -0.05) is 61.0 Å². The largest absolute Gasteiger partial charge is 0.394 e. The molecule has 0 saturated carbocycles. The Kier molecular flexibility index (Phi) is 8.17. The molecule has 27 heavy (non-hydrogen) atoms. The van der Waals surface area contributed by atoms with Crippen molar-refractivity contribution >= 4 is 5.78 Å². The minimum Gasteiger partial charge on any atom is -0.394 e. The predicted octanol–water partition coefficient (Wildman–Crippen LogP) is 3.82. The molecule has 0 aliphatic heterocycles. The second-order valence-corrected chi connectivity index (χ2v) is 7.33. The fraction of sp³-hybridized carbons (Fsp3) is 0.435. The minimum atomic E-state index is -0.687. The van der Waals surface area contributed by atoms with E-state index in [0.29, 0.717) is 26.1 Å². The van der Waals surface area contributed by atoms with Crippen LogP contribution >= 0.6 is 0 Å². The average molecular weight is 370 g/mol. The summed E-state index contributed by atoms with van der Waals surface area (Å²) in [5.41, 5.74) is 9.56. The van der Waals surface area contributed by atoms with Gasteiger partial charge >= 0.3 is 0 Å². The third-order valence-electron chi connectivity index (χ3n) is 4.94. The molecule has 0 heterocycles. The molecule has 4 nitrogen and oxygen atoms in total. The molecule has 0 bridgehead atoms. The molecule has 1 unspecified atom stereocenters. The Morgan fingerprint density at radius 2 is 1.70 bits per heavy atom. The van der Waals surface area contributed by atoms with Gasteiger partial charge in [0.05, 0.1) is 25.4 Å². The Morgan fingerprint density at radius 1 is 1.07 bits per heavy atom. The third-order valence-corrected chi connectivity index (χ3v) is 4.94. The van der Waals surface area contributed by atoms with Crippen molar-refractivity contribution in [3.05, 3.63) is 70.8 Å². The number of hydrogen-bond acceptors (Lipinski definition) is 4. The lowest BCUT2D eigenvalue weighted by Crippen LogP contribution is -2.47. The molecule has 0 aliphatic rings. The van der Waals surface area contributed by atoms with Gasteiger partial charge in [-0.05, 0) is 37.3 Å². The Balaban J connectivity index is 1.76. The summed E-state index contributed by atoms with van der Waals surface area (Å²) in [6, 6.07) is 16.0. The second kappa shape index (κ2) is 10.4. The van der Waals surface area contributed by atoms with Crippen LogP contribution in [0.5, 0.6) is 0 Å². The van der Waals surface area contributed by atoms with Crippen molar-refractivity contribution in [2.45, 2.75) is 51.7 Å². The molecule has 0 radical (unpaired) electrons. The van der Waals surface area contributed by atoms with E-state index in [-0.39, 0.29) is 12.4 Å². The lowest BCUT2D eigenvalue weighted by Gasteiger charge is -2.25. The third kappa shape index (κ3) is 6.90. The SMILES string of the molecule is CCC(N)(CO)COCc1ccc(C(=O)CCCc2ccc(C)cc2)cc1. The minimum absolute atomic E-state index is 0.0977.